The molecule has 0 radical (unpaired) electrons. The Morgan fingerprint density at radius 1 is 1.12 bits per heavy atom. The van der Waals surface area contributed by atoms with Crippen molar-refractivity contribution in [1.82, 2.24) is 14.9 Å². The van der Waals surface area contributed by atoms with Crippen molar-refractivity contribution in [2.24, 2.45) is 0 Å². The van der Waals surface area contributed by atoms with E-state index >= 15 is 0 Å². The first-order valence-electron chi connectivity index (χ1n) is 8.58. The summed E-state index contributed by atoms with van der Waals surface area (Å²) < 4.78 is 12.5. The van der Waals surface area contributed by atoms with E-state index in [1.54, 1.807) is 38.5 Å². The van der Waals surface area contributed by atoms with Crippen LogP contribution in [-0.4, -0.2) is 42.8 Å². The number of para-hydroxylation sites is 2. The predicted molar refractivity (Wildman–Crippen MR) is 101 cm³/mol. The van der Waals surface area contributed by atoms with Gasteiger partial charge in [-0.15, -0.1) is 0 Å². The number of benzene rings is 2. The van der Waals surface area contributed by atoms with Gasteiger partial charge in [-0.05, 0) is 36.4 Å². The molecule has 136 valence electrons. The lowest BCUT2D eigenvalue weighted by Crippen LogP contribution is -2.26. The molecule has 0 spiro atoms. The zero-order valence-corrected chi connectivity index (χ0v) is 15.1. The van der Waals surface area contributed by atoms with Crippen LogP contribution in [0.25, 0.3) is 11.0 Å². The Kier molecular flexibility index (Phi) is 5.86. The number of rotatable bonds is 8. The van der Waals surface area contributed by atoms with Gasteiger partial charge in [-0.3, -0.25) is 4.79 Å². The fourth-order valence-electron chi connectivity index (χ4n) is 2.88. The summed E-state index contributed by atoms with van der Waals surface area (Å²) in [6.45, 7) is 1.87. The Hall–Kier alpha value is -2.86. The van der Waals surface area contributed by atoms with Crippen LogP contribution < -0.4 is 10.1 Å². The van der Waals surface area contributed by atoms with Crippen LogP contribution in [0.3, 0.4) is 0 Å². The number of ether oxygens (including phenoxy) is 2. The molecule has 0 saturated carbocycles. The lowest BCUT2D eigenvalue weighted by molar-refractivity contribution is 0.0954. The molecule has 0 aliphatic rings. The topological polar surface area (TPSA) is 65.4 Å². The first-order valence-corrected chi connectivity index (χ1v) is 8.58. The molecule has 0 fully saturated rings. The second-order valence-electron chi connectivity index (χ2n) is 5.90. The molecule has 3 rings (SSSR count). The lowest BCUT2D eigenvalue weighted by atomic mass is 10.2. The number of amides is 1. The van der Waals surface area contributed by atoms with Gasteiger partial charge in [-0.25, -0.2) is 4.98 Å². The number of methoxy groups -OCH3 is 2. The summed E-state index contributed by atoms with van der Waals surface area (Å²) in [5, 5.41) is 2.95. The highest BCUT2D eigenvalue weighted by Crippen LogP contribution is 2.16. The summed E-state index contributed by atoms with van der Waals surface area (Å²) in [5.74, 6) is 1.57. The lowest BCUT2D eigenvalue weighted by Gasteiger charge is -2.09. The number of nitrogens with zero attached hydrogens (tertiary/aromatic N) is 2. The Morgan fingerprint density at radius 2 is 1.88 bits per heavy atom. The Bertz CT molecular complexity index is 872. The van der Waals surface area contributed by atoms with E-state index in [0.717, 1.165) is 29.2 Å². The molecule has 0 saturated heterocycles. The predicted octanol–water partition coefficient (Wildman–Crippen LogP) is 2.66. The first kappa shape index (κ1) is 17.9. The van der Waals surface area contributed by atoms with E-state index in [9.17, 15) is 4.79 Å². The van der Waals surface area contributed by atoms with Gasteiger partial charge in [0.25, 0.3) is 5.91 Å². The molecule has 0 aliphatic heterocycles. The highest BCUT2D eigenvalue weighted by atomic mass is 16.5. The van der Waals surface area contributed by atoms with Crippen molar-refractivity contribution < 1.29 is 14.3 Å². The number of nitrogens with one attached hydrogen (secondary N) is 1. The average Bonchev–Trinajstić information content (AvgIpc) is 3.03. The van der Waals surface area contributed by atoms with Crippen molar-refractivity contribution in [3.8, 4) is 5.75 Å². The number of hydrogen-bond acceptors (Lipinski definition) is 4. The minimum absolute atomic E-state index is 0.104. The highest BCUT2D eigenvalue weighted by Gasteiger charge is 2.11. The molecule has 1 heterocycles. The molecular formula is C20H23N3O3. The Balaban J connectivity index is 1.66. The minimum atomic E-state index is -0.104. The number of hydrogen-bond donors (Lipinski definition) is 1. The van der Waals surface area contributed by atoms with Crippen molar-refractivity contribution in [1.29, 1.82) is 0 Å². The summed E-state index contributed by atoms with van der Waals surface area (Å²) >= 11 is 0. The van der Waals surface area contributed by atoms with E-state index < -0.39 is 0 Å². The zero-order valence-electron chi connectivity index (χ0n) is 15.1. The maximum atomic E-state index is 12.3. The molecule has 26 heavy (non-hydrogen) atoms. The fraction of sp³-hybridized carbons (Fsp3) is 0.300. The molecule has 0 aliphatic carbocycles. The van der Waals surface area contributed by atoms with Gasteiger partial charge in [0.2, 0.25) is 0 Å². The average molecular weight is 353 g/mol. The number of fused-ring (bicyclic) bond motifs is 1. The summed E-state index contributed by atoms with van der Waals surface area (Å²) in [4.78, 5) is 17.0. The molecule has 0 bridgehead atoms. The van der Waals surface area contributed by atoms with Crippen molar-refractivity contribution in [3.05, 3.63) is 59.9 Å². The van der Waals surface area contributed by atoms with E-state index in [4.69, 9.17) is 14.5 Å². The number of aromatic nitrogens is 2. The number of carbonyl (C=O) groups excluding carboxylic acids is 1. The minimum Gasteiger partial charge on any atom is -0.497 e. The largest absolute Gasteiger partial charge is 0.497 e. The van der Waals surface area contributed by atoms with Gasteiger partial charge in [0, 0.05) is 32.2 Å². The third-order valence-corrected chi connectivity index (χ3v) is 4.24. The summed E-state index contributed by atoms with van der Waals surface area (Å²) in [5.41, 5.74) is 2.65. The zero-order chi connectivity index (χ0) is 18.4. The molecule has 0 unspecified atom stereocenters. The first-order chi connectivity index (χ1) is 12.7. The maximum absolute atomic E-state index is 12.3. The highest BCUT2D eigenvalue weighted by molar-refractivity contribution is 5.94. The molecule has 1 aromatic heterocycles. The fourth-order valence-corrected chi connectivity index (χ4v) is 2.88. The van der Waals surface area contributed by atoms with Crippen molar-refractivity contribution in [2.75, 3.05) is 27.4 Å². The van der Waals surface area contributed by atoms with Gasteiger partial charge < -0.3 is 19.4 Å². The molecule has 6 heteroatoms. The molecule has 1 N–H and O–H groups in total. The Morgan fingerprint density at radius 3 is 2.62 bits per heavy atom. The molecule has 1 amide bonds. The van der Waals surface area contributed by atoms with Gasteiger partial charge in [-0.2, -0.15) is 0 Å². The molecule has 2 aromatic carbocycles. The van der Waals surface area contributed by atoms with E-state index in [0.29, 0.717) is 25.1 Å². The van der Waals surface area contributed by atoms with Gasteiger partial charge in [0.15, 0.2) is 0 Å². The van der Waals surface area contributed by atoms with Gasteiger partial charge >= 0.3 is 0 Å². The monoisotopic (exact) mass is 353 g/mol. The van der Waals surface area contributed by atoms with Gasteiger partial charge in [0.05, 0.1) is 24.8 Å². The Labute approximate surface area is 152 Å². The van der Waals surface area contributed by atoms with E-state index in [-0.39, 0.29) is 5.91 Å². The van der Waals surface area contributed by atoms with Crippen LogP contribution in [0, 0.1) is 0 Å². The van der Waals surface area contributed by atoms with Crippen LogP contribution in [0.4, 0.5) is 0 Å². The summed E-state index contributed by atoms with van der Waals surface area (Å²) in [6, 6.07) is 15.1. The van der Waals surface area contributed by atoms with Crippen molar-refractivity contribution in [2.45, 2.75) is 13.0 Å². The van der Waals surface area contributed by atoms with Crippen LogP contribution in [-0.2, 0) is 17.7 Å². The molecule has 0 atom stereocenters. The number of carbonyl (C=O) groups is 1. The second-order valence-corrected chi connectivity index (χ2v) is 5.90. The van der Waals surface area contributed by atoms with Crippen molar-refractivity contribution in [3.63, 3.8) is 0 Å². The van der Waals surface area contributed by atoms with Crippen LogP contribution in [0.2, 0.25) is 0 Å². The third kappa shape index (κ3) is 4.03. The molecular weight excluding hydrogens is 330 g/mol. The quantitative estimate of drug-likeness (QED) is 0.676. The SMILES string of the molecule is COCCn1c(CCNC(=O)c2ccc(OC)cc2)nc2ccccc21. The standard InChI is InChI=1S/C20H23N3O3/c1-25-14-13-23-18-6-4-3-5-17(18)22-19(23)11-12-21-20(24)15-7-9-16(26-2)10-8-15/h3-10H,11-14H2,1-2H3,(H,21,24). The van der Waals surface area contributed by atoms with Gasteiger partial charge in [-0.1, -0.05) is 12.1 Å². The third-order valence-electron chi connectivity index (χ3n) is 4.24. The van der Waals surface area contributed by atoms with E-state index in [2.05, 4.69) is 16.0 Å². The van der Waals surface area contributed by atoms with Crippen LogP contribution in [0.15, 0.2) is 48.5 Å². The smallest absolute Gasteiger partial charge is 0.251 e. The van der Waals surface area contributed by atoms with Crippen LogP contribution >= 0.6 is 0 Å². The summed E-state index contributed by atoms with van der Waals surface area (Å²) in [7, 11) is 3.29. The van der Waals surface area contributed by atoms with Gasteiger partial charge in [0.1, 0.15) is 11.6 Å². The van der Waals surface area contributed by atoms with Crippen LogP contribution in [0.5, 0.6) is 5.75 Å². The number of imidazole rings is 1. The van der Waals surface area contributed by atoms with E-state index in [1.165, 1.54) is 0 Å². The van der Waals surface area contributed by atoms with Crippen LogP contribution in [0.1, 0.15) is 16.2 Å². The maximum Gasteiger partial charge on any atom is 0.251 e. The van der Waals surface area contributed by atoms with E-state index in [1.807, 2.05) is 18.2 Å². The second kappa shape index (κ2) is 8.49. The molecule has 6 nitrogen and oxygen atoms in total. The normalized spacial score (nSPS) is 10.8. The molecule has 3 aromatic rings. The summed E-state index contributed by atoms with van der Waals surface area (Å²) in [6.07, 6.45) is 0.653. The van der Waals surface area contributed by atoms with Crippen molar-refractivity contribution >= 4 is 16.9 Å².